The van der Waals surface area contributed by atoms with Gasteiger partial charge in [-0.15, -0.1) is 11.8 Å². The average Bonchev–Trinajstić information content (AvgIpc) is 2.64. The maximum Gasteiger partial charge on any atom is 0.322 e. The van der Waals surface area contributed by atoms with E-state index >= 15 is 0 Å². The van der Waals surface area contributed by atoms with Crippen molar-refractivity contribution in [2.75, 3.05) is 6.54 Å². The third-order valence-corrected chi connectivity index (χ3v) is 4.69. The lowest BCUT2D eigenvalue weighted by atomic mass is 10.0. The molecule has 0 aliphatic carbocycles. The second-order valence-corrected chi connectivity index (χ2v) is 7.05. The van der Waals surface area contributed by atoms with Crippen molar-refractivity contribution in [1.29, 1.82) is 0 Å². The van der Waals surface area contributed by atoms with Crippen LogP contribution in [0.5, 0.6) is 0 Å². The molecule has 19 heavy (non-hydrogen) atoms. The third kappa shape index (κ3) is 4.09. The van der Waals surface area contributed by atoms with Gasteiger partial charge in [-0.25, -0.2) is 0 Å². The van der Waals surface area contributed by atoms with Crippen LogP contribution in [0.1, 0.15) is 33.6 Å². The molecular formula is C12H23N3O3S. The zero-order chi connectivity index (χ0) is 14.6. The Morgan fingerprint density at radius 1 is 1.53 bits per heavy atom. The number of carbonyl (C=O) groups is 2. The first-order chi connectivity index (χ1) is 8.79. The van der Waals surface area contributed by atoms with E-state index in [1.54, 1.807) is 0 Å². The molecule has 1 aliphatic heterocycles. The van der Waals surface area contributed by atoms with E-state index in [9.17, 15) is 9.59 Å². The van der Waals surface area contributed by atoms with E-state index < -0.39 is 22.8 Å². The van der Waals surface area contributed by atoms with E-state index in [1.165, 1.54) is 11.8 Å². The van der Waals surface area contributed by atoms with Crippen molar-refractivity contribution in [2.24, 2.45) is 5.73 Å². The van der Waals surface area contributed by atoms with Gasteiger partial charge in [-0.3, -0.25) is 14.9 Å². The number of hydrogen-bond donors (Lipinski definition) is 4. The lowest BCUT2D eigenvalue weighted by Crippen LogP contribution is -2.53. The number of carboxylic acids is 1. The number of amides is 1. The van der Waals surface area contributed by atoms with Crippen molar-refractivity contribution in [3.05, 3.63) is 0 Å². The summed E-state index contributed by atoms with van der Waals surface area (Å²) in [5, 5.41) is 14.5. The summed E-state index contributed by atoms with van der Waals surface area (Å²) in [5.74, 6) is -1.15. The quantitative estimate of drug-likeness (QED) is 0.518. The molecule has 1 fully saturated rings. The average molecular weight is 289 g/mol. The lowest BCUT2D eigenvalue weighted by Gasteiger charge is -2.21. The molecule has 0 radical (unpaired) electrons. The summed E-state index contributed by atoms with van der Waals surface area (Å²) in [6, 6.07) is -1.44. The Balaban J connectivity index is 2.57. The fraction of sp³-hybridized carbons (Fsp3) is 0.833. The molecule has 0 spiro atoms. The maximum atomic E-state index is 11.9. The molecule has 0 aromatic carbocycles. The molecule has 1 rings (SSSR count). The summed E-state index contributed by atoms with van der Waals surface area (Å²) in [7, 11) is 0. The zero-order valence-corrected chi connectivity index (χ0v) is 12.4. The lowest BCUT2D eigenvalue weighted by molar-refractivity contribution is -0.140. The molecule has 6 nitrogen and oxygen atoms in total. The van der Waals surface area contributed by atoms with Crippen LogP contribution in [0.3, 0.4) is 0 Å². The summed E-state index contributed by atoms with van der Waals surface area (Å²) in [6.45, 7) is 6.32. The summed E-state index contributed by atoms with van der Waals surface area (Å²) >= 11 is 1.40. The number of rotatable bonds is 6. The Kier molecular flexibility index (Phi) is 5.64. The van der Waals surface area contributed by atoms with Gasteiger partial charge in [0.05, 0.1) is 5.37 Å². The van der Waals surface area contributed by atoms with Gasteiger partial charge in [-0.2, -0.15) is 0 Å². The highest BCUT2D eigenvalue weighted by Crippen LogP contribution is 2.38. The van der Waals surface area contributed by atoms with Crippen LogP contribution >= 0.6 is 11.8 Å². The van der Waals surface area contributed by atoms with Crippen molar-refractivity contribution in [1.82, 2.24) is 10.6 Å². The molecule has 0 aromatic rings. The largest absolute Gasteiger partial charge is 0.480 e. The van der Waals surface area contributed by atoms with Gasteiger partial charge in [0.1, 0.15) is 12.1 Å². The van der Waals surface area contributed by atoms with Crippen molar-refractivity contribution < 1.29 is 14.7 Å². The van der Waals surface area contributed by atoms with Gasteiger partial charge in [0.25, 0.3) is 0 Å². The fourth-order valence-corrected chi connectivity index (χ4v) is 3.42. The third-order valence-electron chi connectivity index (χ3n) is 3.16. The minimum atomic E-state index is -0.918. The van der Waals surface area contributed by atoms with Gasteiger partial charge in [0.15, 0.2) is 0 Å². The number of unbranched alkanes of at least 4 members (excludes halogenated alkanes) is 1. The first-order valence-electron chi connectivity index (χ1n) is 6.49. The normalized spacial score (nSPS) is 26.9. The summed E-state index contributed by atoms with van der Waals surface area (Å²) in [6.07, 6.45) is 1.91. The van der Waals surface area contributed by atoms with Gasteiger partial charge < -0.3 is 16.2 Å². The van der Waals surface area contributed by atoms with Crippen LogP contribution in [0, 0.1) is 0 Å². The molecular weight excluding hydrogens is 266 g/mol. The van der Waals surface area contributed by atoms with Crippen LogP contribution < -0.4 is 16.4 Å². The Morgan fingerprint density at radius 3 is 2.63 bits per heavy atom. The van der Waals surface area contributed by atoms with Crippen LogP contribution in [0.2, 0.25) is 0 Å². The highest BCUT2D eigenvalue weighted by molar-refractivity contribution is 8.01. The number of aliphatic carboxylic acids is 1. The fourth-order valence-electron chi connectivity index (χ4n) is 1.98. The number of carboxylic acid groups (broad SMARTS) is 1. The molecule has 1 heterocycles. The topological polar surface area (TPSA) is 104 Å². The summed E-state index contributed by atoms with van der Waals surface area (Å²) < 4.78 is -0.488. The smallest absolute Gasteiger partial charge is 0.322 e. The van der Waals surface area contributed by atoms with Crippen molar-refractivity contribution >= 4 is 23.6 Å². The predicted octanol–water partition coefficient (Wildman–Crippen LogP) is 0.124. The minimum Gasteiger partial charge on any atom is -0.480 e. The van der Waals surface area contributed by atoms with Gasteiger partial charge in [0, 0.05) is 11.3 Å². The maximum absolute atomic E-state index is 11.9. The number of nitrogens with two attached hydrogens (primary N) is 1. The van der Waals surface area contributed by atoms with Crippen LogP contribution in [-0.4, -0.2) is 45.7 Å². The standard InChI is InChI=1S/C12H23N3O3S/c1-4-5-6-14-9(16)7(13)10-15-8(11(17)18)12(2,3)19-10/h7-8,10,15H,4-6,13H2,1-3H3,(H,14,16)(H,17,18)/t7-,8+,10-/m1/s1. The molecule has 7 heteroatoms. The zero-order valence-electron chi connectivity index (χ0n) is 11.6. The van der Waals surface area contributed by atoms with Crippen molar-refractivity contribution in [2.45, 2.75) is 55.8 Å². The summed E-state index contributed by atoms with van der Waals surface area (Å²) in [5.41, 5.74) is 5.90. The highest BCUT2D eigenvalue weighted by atomic mass is 32.2. The van der Waals surface area contributed by atoms with Gasteiger partial charge in [0.2, 0.25) is 5.91 Å². The van der Waals surface area contributed by atoms with Crippen molar-refractivity contribution in [3.8, 4) is 0 Å². The second-order valence-electron chi connectivity index (χ2n) is 5.25. The monoisotopic (exact) mass is 289 g/mol. The molecule has 110 valence electrons. The van der Waals surface area contributed by atoms with Crippen LogP contribution in [0.15, 0.2) is 0 Å². The number of thioether (sulfide) groups is 1. The van der Waals surface area contributed by atoms with Crippen LogP contribution in [-0.2, 0) is 9.59 Å². The Labute approximate surface area is 117 Å². The van der Waals surface area contributed by atoms with Crippen molar-refractivity contribution in [3.63, 3.8) is 0 Å². The minimum absolute atomic E-state index is 0.236. The van der Waals surface area contributed by atoms with E-state index in [4.69, 9.17) is 10.8 Å². The molecule has 1 amide bonds. The number of nitrogens with one attached hydrogen (secondary N) is 2. The van der Waals surface area contributed by atoms with E-state index in [-0.39, 0.29) is 11.3 Å². The Morgan fingerprint density at radius 2 is 2.16 bits per heavy atom. The first-order valence-corrected chi connectivity index (χ1v) is 7.37. The highest BCUT2D eigenvalue weighted by Gasteiger charge is 2.47. The molecule has 0 unspecified atom stereocenters. The van der Waals surface area contributed by atoms with E-state index in [1.807, 2.05) is 20.8 Å². The van der Waals surface area contributed by atoms with Crippen LogP contribution in [0.25, 0.3) is 0 Å². The Hall–Kier alpha value is -0.790. The van der Waals surface area contributed by atoms with E-state index in [0.717, 1.165) is 12.8 Å². The van der Waals surface area contributed by atoms with Crippen LogP contribution in [0.4, 0.5) is 0 Å². The number of hydrogen-bond acceptors (Lipinski definition) is 5. The number of carbonyl (C=O) groups excluding carboxylic acids is 1. The van der Waals surface area contributed by atoms with Gasteiger partial charge in [-0.1, -0.05) is 13.3 Å². The molecule has 1 aliphatic rings. The molecule has 3 atom stereocenters. The van der Waals surface area contributed by atoms with Gasteiger partial charge >= 0.3 is 5.97 Å². The molecule has 5 N–H and O–H groups in total. The second kappa shape index (κ2) is 6.58. The van der Waals surface area contributed by atoms with E-state index in [0.29, 0.717) is 6.54 Å². The molecule has 0 saturated carbocycles. The molecule has 0 bridgehead atoms. The molecule has 0 aromatic heterocycles. The first kappa shape index (κ1) is 16.3. The van der Waals surface area contributed by atoms with Gasteiger partial charge in [-0.05, 0) is 20.3 Å². The molecule has 1 saturated heterocycles. The summed E-state index contributed by atoms with van der Waals surface area (Å²) in [4.78, 5) is 23.0. The SMILES string of the molecule is CCCCNC(=O)[C@@H](N)[C@@H]1N[C@@H](C(=O)O)C(C)(C)S1. The predicted molar refractivity (Wildman–Crippen MR) is 75.9 cm³/mol. The Bertz CT molecular complexity index is 349. The van der Waals surface area contributed by atoms with E-state index in [2.05, 4.69) is 10.6 Å².